The molecular formula is C8H16F3N. The van der Waals surface area contributed by atoms with Crippen molar-refractivity contribution in [3.05, 3.63) is 0 Å². The Balaban J connectivity index is 3.31. The van der Waals surface area contributed by atoms with Gasteiger partial charge in [-0.1, -0.05) is 6.92 Å². The van der Waals surface area contributed by atoms with Crippen LogP contribution in [0.25, 0.3) is 0 Å². The first-order valence-electron chi connectivity index (χ1n) is 4.26. The van der Waals surface area contributed by atoms with Crippen molar-refractivity contribution in [3.8, 4) is 0 Å². The number of hydrogen-bond acceptors (Lipinski definition) is 1. The summed E-state index contributed by atoms with van der Waals surface area (Å²) in [5.41, 5.74) is 0. The molecule has 0 rings (SSSR count). The molecule has 12 heavy (non-hydrogen) atoms. The van der Waals surface area contributed by atoms with Crippen LogP contribution in [-0.4, -0.2) is 18.8 Å². The fraction of sp³-hybridized carbons (Fsp3) is 1.00. The van der Waals surface area contributed by atoms with Gasteiger partial charge in [-0.15, -0.1) is 0 Å². The van der Waals surface area contributed by atoms with E-state index < -0.39 is 12.6 Å². The summed E-state index contributed by atoms with van der Waals surface area (Å²) in [6.45, 7) is 4.66. The van der Waals surface area contributed by atoms with Crippen molar-refractivity contribution in [1.82, 2.24) is 5.32 Å². The minimum Gasteiger partial charge on any atom is -0.315 e. The number of halogens is 3. The van der Waals surface area contributed by atoms with Crippen molar-refractivity contribution in [3.63, 3.8) is 0 Å². The molecule has 4 heteroatoms. The summed E-state index contributed by atoms with van der Waals surface area (Å²) in [5.74, 6) is 0. The number of alkyl halides is 3. The molecule has 0 saturated carbocycles. The summed E-state index contributed by atoms with van der Waals surface area (Å²) in [6, 6.07) is 0.192. The Morgan fingerprint density at radius 2 is 1.92 bits per heavy atom. The fourth-order valence-corrected chi connectivity index (χ4v) is 1.06. The maximum atomic E-state index is 11.7. The van der Waals surface area contributed by atoms with E-state index in [1.807, 2.05) is 13.8 Å². The lowest BCUT2D eigenvalue weighted by Crippen LogP contribution is -2.25. The molecule has 1 N–H and O–H groups in total. The standard InChI is InChI=1S/C8H16F3N/c1-3-12-7(2)5-4-6-8(9,10)11/h7,12H,3-6H2,1-2H3. The van der Waals surface area contributed by atoms with Crippen LogP contribution in [0.3, 0.4) is 0 Å². The van der Waals surface area contributed by atoms with E-state index in [1.165, 1.54) is 0 Å². The molecule has 0 aliphatic carbocycles. The molecule has 1 unspecified atom stereocenters. The first-order chi connectivity index (χ1) is 5.45. The number of rotatable bonds is 5. The minimum absolute atomic E-state index is 0.192. The van der Waals surface area contributed by atoms with Crippen LogP contribution < -0.4 is 5.32 Å². The molecule has 0 aromatic rings. The van der Waals surface area contributed by atoms with E-state index in [1.54, 1.807) is 0 Å². The van der Waals surface area contributed by atoms with Crippen LogP contribution in [0.15, 0.2) is 0 Å². The maximum absolute atomic E-state index is 11.7. The molecule has 0 bridgehead atoms. The van der Waals surface area contributed by atoms with Gasteiger partial charge in [-0.2, -0.15) is 13.2 Å². The van der Waals surface area contributed by atoms with Gasteiger partial charge < -0.3 is 5.32 Å². The van der Waals surface area contributed by atoms with E-state index in [0.29, 0.717) is 6.42 Å². The average molecular weight is 183 g/mol. The molecule has 0 amide bonds. The third-order valence-corrected chi connectivity index (χ3v) is 1.65. The second-order valence-electron chi connectivity index (χ2n) is 2.97. The summed E-state index contributed by atoms with van der Waals surface area (Å²) in [6.07, 6.45) is -3.85. The molecule has 0 aliphatic heterocycles. The molecule has 0 spiro atoms. The van der Waals surface area contributed by atoms with Crippen molar-refractivity contribution in [2.75, 3.05) is 6.54 Å². The van der Waals surface area contributed by atoms with Crippen molar-refractivity contribution in [2.45, 2.75) is 45.3 Å². The normalized spacial score (nSPS) is 14.8. The molecule has 0 saturated heterocycles. The zero-order chi connectivity index (χ0) is 9.61. The van der Waals surface area contributed by atoms with Gasteiger partial charge in [0, 0.05) is 12.5 Å². The van der Waals surface area contributed by atoms with Gasteiger partial charge in [-0.25, -0.2) is 0 Å². The Hall–Kier alpha value is -0.250. The summed E-state index contributed by atoms with van der Waals surface area (Å²) in [4.78, 5) is 0. The molecular weight excluding hydrogens is 167 g/mol. The predicted octanol–water partition coefficient (Wildman–Crippen LogP) is 2.72. The Morgan fingerprint density at radius 3 is 2.33 bits per heavy atom. The van der Waals surface area contributed by atoms with E-state index in [2.05, 4.69) is 5.32 Å². The first-order valence-corrected chi connectivity index (χ1v) is 4.26. The fourth-order valence-electron chi connectivity index (χ4n) is 1.06. The Morgan fingerprint density at radius 1 is 1.33 bits per heavy atom. The van der Waals surface area contributed by atoms with Gasteiger partial charge >= 0.3 is 6.18 Å². The van der Waals surface area contributed by atoms with Gasteiger partial charge in [-0.3, -0.25) is 0 Å². The highest BCUT2D eigenvalue weighted by Crippen LogP contribution is 2.22. The monoisotopic (exact) mass is 183 g/mol. The van der Waals surface area contributed by atoms with Crippen molar-refractivity contribution in [2.24, 2.45) is 0 Å². The van der Waals surface area contributed by atoms with E-state index in [0.717, 1.165) is 6.54 Å². The van der Waals surface area contributed by atoms with Gasteiger partial charge in [0.1, 0.15) is 0 Å². The van der Waals surface area contributed by atoms with E-state index >= 15 is 0 Å². The Labute approximate surface area is 71.3 Å². The molecule has 0 fully saturated rings. The zero-order valence-corrected chi connectivity index (χ0v) is 7.54. The van der Waals surface area contributed by atoms with Crippen molar-refractivity contribution >= 4 is 0 Å². The first kappa shape index (κ1) is 11.8. The SMILES string of the molecule is CCNC(C)CCCC(F)(F)F. The summed E-state index contributed by atoms with van der Waals surface area (Å²) in [7, 11) is 0. The van der Waals surface area contributed by atoms with Crippen LogP contribution in [0, 0.1) is 0 Å². The largest absolute Gasteiger partial charge is 0.389 e. The number of hydrogen-bond donors (Lipinski definition) is 1. The van der Waals surface area contributed by atoms with Gasteiger partial charge in [0.2, 0.25) is 0 Å². The van der Waals surface area contributed by atoms with Gasteiger partial charge in [0.25, 0.3) is 0 Å². The highest BCUT2D eigenvalue weighted by atomic mass is 19.4. The summed E-state index contributed by atoms with van der Waals surface area (Å²) >= 11 is 0. The predicted molar refractivity (Wildman–Crippen MR) is 43.0 cm³/mol. The molecule has 0 radical (unpaired) electrons. The molecule has 1 atom stereocenters. The van der Waals surface area contributed by atoms with E-state index in [9.17, 15) is 13.2 Å². The second kappa shape index (κ2) is 5.41. The minimum atomic E-state index is -3.99. The quantitative estimate of drug-likeness (QED) is 0.691. The average Bonchev–Trinajstić information content (AvgIpc) is 1.84. The molecule has 74 valence electrons. The lowest BCUT2D eigenvalue weighted by molar-refractivity contribution is -0.135. The summed E-state index contributed by atoms with van der Waals surface area (Å²) < 4.78 is 35.0. The molecule has 0 aromatic heterocycles. The molecule has 1 nitrogen and oxygen atoms in total. The van der Waals surface area contributed by atoms with Crippen LogP contribution >= 0.6 is 0 Å². The van der Waals surface area contributed by atoms with E-state index in [-0.39, 0.29) is 12.5 Å². The van der Waals surface area contributed by atoms with Gasteiger partial charge in [0.05, 0.1) is 0 Å². The topological polar surface area (TPSA) is 12.0 Å². The van der Waals surface area contributed by atoms with Crippen LogP contribution in [0.2, 0.25) is 0 Å². The third kappa shape index (κ3) is 7.85. The molecule has 0 aliphatic rings. The summed E-state index contributed by atoms with van der Waals surface area (Å²) in [5, 5.41) is 3.06. The lowest BCUT2D eigenvalue weighted by atomic mass is 10.1. The third-order valence-electron chi connectivity index (χ3n) is 1.65. The molecule has 0 heterocycles. The van der Waals surface area contributed by atoms with E-state index in [4.69, 9.17) is 0 Å². The van der Waals surface area contributed by atoms with Crippen LogP contribution in [0.1, 0.15) is 33.1 Å². The maximum Gasteiger partial charge on any atom is 0.389 e. The highest BCUT2D eigenvalue weighted by Gasteiger charge is 2.26. The zero-order valence-electron chi connectivity index (χ0n) is 7.54. The van der Waals surface area contributed by atoms with Crippen molar-refractivity contribution in [1.29, 1.82) is 0 Å². The lowest BCUT2D eigenvalue weighted by Gasteiger charge is -2.12. The van der Waals surface area contributed by atoms with Crippen molar-refractivity contribution < 1.29 is 13.2 Å². The van der Waals surface area contributed by atoms with Crippen LogP contribution in [0.4, 0.5) is 13.2 Å². The van der Waals surface area contributed by atoms with Crippen LogP contribution in [-0.2, 0) is 0 Å². The smallest absolute Gasteiger partial charge is 0.315 e. The van der Waals surface area contributed by atoms with Crippen LogP contribution in [0.5, 0.6) is 0 Å². The Bertz CT molecular complexity index is 111. The van der Waals surface area contributed by atoms with Gasteiger partial charge in [0.15, 0.2) is 0 Å². The number of nitrogens with one attached hydrogen (secondary N) is 1. The Kier molecular flexibility index (Phi) is 5.29. The highest BCUT2D eigenvalue weighted by molar-refractivity contribution is 4.60. The van der Waals surface area contributed by atoms with Gasteiger partial charge in [-0.05, 0) is 26.3 Å². The molecule has 0 aromatic carbocycles. The second-order valence-corrected chi connectivity index (χ2v) is 2.97.